The maximum atomic E-state index is 10.2. The lowest BCUT2D eigenvalue weighted by Crippen LogP contribution is -2.45. The minimum Gasteiger partial charge on any atom is -0.386 e. The number of aromatic nitrogens is 1. The first-order chi connectivity index (χ1) is 10.7. The molecule has 1 unspecified atom stereocenters. The molecule has 2 rings (SSSR count). The molecule has 0 aromatic carbocycles. The number of pyridine rings is 1. The van der Waals surface area contributed by atoms with Gasteiger partial charge in [0.25, 0.3) is 0 Å². The standard InChI is InChI=1S/C17H28N4O/c1-3-19-17(21-15-6-4-13(2)5-7-15)20-12-16(22)14-8-10-18-11-9-14/h8-11,13,15-16,22H,3-7,12H2,1-2H3,(H2,19,20,21). The molecule has 122 valence electrons. The molecule has 0 spiro atoms. The van der Waals surface area contributed by atoms with Crippen LogP contribution in [0.15, 0.2) is 29.5 Å². The molecule has 1 fully saturated rings. The molecule has 0 amide bonds. The average molecular weight is 304 g/mol. The smallest absolute Gasteiger partial charge is 0.191 e. The van der Waals surface area contributed by atoms with Crippen LogP contribution in [0.3, 0.4) is 0 Å². The molecular formula is C17H28N4O. The summed E-state index contributed by atoms with van der Waals surface area (Å²) in [5.74, 6) is 1.64. The zero-order chi connectivity index (χ0) is 15.8. The Bertz CT molecular complexity index is 455. The minimum absolute atomic E-state index is 0.350. The molecule has 22 heavy (non-hydrogen) atoms. The average Bonchev–Trinajstić information content (AvgIpc) is 2.55. The third-order valence-corrected chi connectivity index (χ3v) is 4.21. The van der Waals surface area contributed by atoms with Gasteiger partial charge in [-0.05, 0) is 56.2 Å². The first-order valence-electron chi connectivity index (χ1n) is 8.32. The normalized spacial score (nSPS) is 23.9. The van der Waals surface area contributed by atoms with Gasteiger partial charge in [0.1, 0.15) is 0 Å². The van der Waals surface area contributed by atoms with E-state index >= 15 is 0 Å². The highest BCUT2D eigenvalue weighted by Crippen LogP contribution is 2.23. The van der Waals surface area contributed by atoms with Gasteiger partial charge in [-0.15, -0.1) is 0 Å². The third kappa shape index (κ3) is 5.30. The van der Waals surface area contributed by atoms with E-state index in [1.807, 2.05) is 12.1 Å². The van der Waals surface area contributed by atoms with Gasteiger partial charge < -0.3 is 15.7 Å². The first-order valence-corrected chi connectivity index (χ1v) is 8.32. The van der Waals surface area contributed by atoms with Crippen LogP contribution < -0.4 is 10.6 Å². The van der Waals surface area contributed by atoms with E-state index < -0.39 is 6.10 Å². The van der Waals surface area contributed by atoms with Crippen molar-refractivity contribution in [1.29, 1.82) is 0 Å². The number of hydrogen-bond acceptors (Lipinski definition) is 3. The quantitative estimate of drug-likeness (QED) is 0.576. The van der Waals surface area contributed by atoms with Crippen molar-refractivity contribution in [3.63, 3.8) is 0 Å². The van der Waals surface area contributed by atoms with E-state index in [2.05, 4.69) is 34.5 Å². The van der Waals surface area contributed by atoms with Gasteiger partial charge >= 0.3 is 0 Å². The number of nitrogens with zero attached hydrogens (tertiary/aromatic N) is 2. The van der Waals surface area contributed by atoms with E-state index in [9.17, 15) is 5.11 Å². The molecule has 1 aliphatic carbocycles. The summed E-state index contributed by atoms with van der Waals surface area (Å²) in [6, 6.07) is 4.14. The molecule has 0 saturated heterocycles. The van der Waals surface area contributed by atoms with Gasteiger partial charge in [0.05, 0.1) is 12.6 Å². The summed E-state index contributed by atoms with van der Waals surface area (Å²) < 4.78 is 0. The fraction of sp³-hybridized carbons (Fsp3) is 0.647. The number of aliphatic imine (C=N–C) groups is 1. The van der Waals surface area contributed by atoms with E-state index in [-0.39, 0.29) is 0 Å². The molecule has 0 bridgehead atoms. The zero-order valence-electron chi connectivity index (χ0n) is 13.6. The van der Waals surface area contributed by atoms with Gasteiger partial charge in [0.15, 0.2) is 5.96 Å². The fourth-order valence-corrected chi connectivity index (χ4v) is 2.79. The van der Waals surface area contributed by atoms with Crippen molar-refractivity contribution in [2.75, 3.05) is 13.1 Å². The molecule has 1 atom stereocenters. The Kier molecular flexibility index (Phi) is 6.65. The van der Waals surface area contributed by atoms with Gasteiger partial charge in [-0.3, -0.25) is 9.98 Å². The Labute approximate surface area is 133 Å². The maximum absolute atomic E-state index is 10.2. The predicted molar refractivity (Wildman–Crippen MR) is 89.7 cm³/mol. The van der Waals surface area contributed by atoms with Crippen molar-refractivity contribution in [2.45, 2.75) is 51.7 Å². The van der Waals surface area contributed by atoms with Crippen molar-refractivity contribution in [3.05, 3.63) is 30.1 Å². The van der Waals surface area contributed by atoms with Gasteiger partial charge in [0.2, 0.25) is 0 Å². The molecule has 1 saturated carbocycles. The fourth-order valence-electron chi connectivity index (χ4n) is 2.79. The number of aliphatic hydroxyl groups is 1. The monoisotopic (exact) mass is 304 g/mol. The number of nitrogens with one attached hydrogen (secondary N) is 2. The molecule has 1 aromatic rings. The Morgan fingerprint density at radius 1 is 1.32 bits per heavy atom. The number of rotatable bonds is 5. The van der Waals surface area contributed by atoms with E-state index in [1.54, 1.807) is 12.4 Å². The summed E-state index contributed by atoms with van der Waals surface area (Å²) in [5, 5.41) is 17.0. The summed E-state index contributed by atoms with van der Waals surface area (Å²) in [6.07, 6.45) is 7.72. The summed E-state index contributed by atoms with van der Waals surface area (Å²) >= 11 is 0. The number of guanidine groups is 1. The summed E-state index contributed by atoms with van der Waals surface area (Å²) in [6.45, 7) is 5.54. The van der Waals surface area contributed by atoms with Crippen LogP contribution in [0.5, 0.6) is 0 Å². The SMILES string of the molecule is CCNC(=NCC(O)c1ccncc1)NC1CCC(C)CC1. The summed E-state index contributed by atoms with van der Waals surface area (Å²) in [5.41, 5.74) is 0.848. The number of hydrogen-bond donors (Lipinski definition) is 3. The lowest BCUT2D eigenvalue weighted by Gasteiger charge is -2.28. The van der Waals surface area contributed by atoms with Crippen molar-refractivity contribution in [1.82, 2.24) is 15.6 Å². The molecule has 1 aromatic heterocycles. The van der Waals surface area contributed by atoms with Crippen LogP contribution in [0, 0.1) is 5.92 Å². The Morgan fingerprint density at radius 3 is 2.64 bits per heavy atom. The molecule has 0 aliphatic heterocycles. The molecule has 5 nitrogen and oxygen atoms in total. The van der Waals surface area contributed by atoms with Crippen molar-refractivity contribution < 1.29 is 5.11 Å². The van der Waals surface area contributed by atoms with Crippen LogP contribution in [0.4, 0.5) is 0 Å². The first kappa shape index (κ1) is 16.7. The molecule has 0 radical (unpaired) electrons. The van der Waals surface area contributed by atoms with Crippen LogP contribution >= 0.6 is 0 Å². The predicted octanol–water partition coefficient (Wildman–Crippen LogP) is 2.25. The van der Waals surface area contributed by atoms with E-state index in [4.69, 9.17) is 0 Å². The lowest BCUT2D eigenvalue weighted by molar-refractivity contribution is 0.187. The van der Waals surface area contributed by atoms with Gasteiger partial charge in [-0.2, -0.15) is 0 Å². The van der Waals surface area contributed by atoms with Crippen molar-refractivity contribution >= 4 is 5.96 Å². The highest BCUT2D eigenvalue weighted by molar-refractivity contribution is 5.80. The maximum Gasteiger partial charge on any atom is 0.191 e. The van der Waals surface area contributed by atoms with E-state index in [0.29, 0.717) is 12.6 Å². The molecular weight excluding hydrogens is 276 g/mol. The Morgan fingerprint density at radius 2 is 2.00 bits per heavy atom. The zero-order valence-corrected chi connectivity index (χ0v) is 13.6. The van der Waals surface area contributed by atoms with Crippen LogP contribution in [0.25, 0.3) is 0 Å². The molecule has 1 heterocycles. The second-order valence-electron chi connectivity index (χ2n) is 6.12. The molecule has 1 aliphatic rings. The van der Waals surface area contributed by atoms with Crippen molar-refractivity contribution in [3.8, 4) is 0 Å². The Balaban J connectivity index is 1.89. The van der Waals surface area contributed by atoms with Crippen LogP contribution in [-0.4, -0.2) is 35.2 Å². The number of aliphatic hydroxyl groups excluding tert-OH is 1. The summed E-state index contributed by atoms with van der Waals surface area (Å²) in [4.78, 5) is 8.49. The van der Waals surface area contributed by atoms with E-state index in [0.717, 1.165) is 24.0 Å². The largest absolute Gasteiger partial charge is 0.386 e. The van der Waals surface area contributed by atoms with Gasteiger partial charge in [0, 0.05) is 25.0 Å². The topological polar surface area (TPSA) is 69.5 Å². The van der Waals surface area contributed by atoms with Gasteiger partial charge in [-0.25, -0.2) is 0 Å². The molecule has 3 N–H and O–H groups in total. The minimum atomic E-state index is -0.593. The van der Waals surface area contributed by atoms with Gasteiger partial charge in [-0.1, -0.05) is 6.92 Å². The second-order valence-corrected chi connectivity index (χ2v) is 6.12. The lowest BCUT2D eigenvalue weighted by atomic mass is 9.87. The highest BCUT2D eigenvalue weighted by Gasteiger charge is 2.19. The van der Waals surface area contributed by atoms with Crippen LogP contribution in [0.1, 0.15) is 51.2 Å². The Hall–Kier alpha value is -1.62. The van der Waals surface area contributed by atoms with E-state index in [1.165, 1.54) is 25.7 Å². The highest BCUT2D eigenvalue weighted by atomic mass is 16.3. The van der Waals surface area contributed by atoms with Crippen LogP contribution in [0.2, 0.25) is 0 Å². The van der Waals surface area contributed by atoms with Crippen LogP contribution in [-0.2, 0) is 0 Å². The second kappa shape index (κ2) is 8.73. The third-order valence-electron chi connectivity index (χ3n) is 4.21. The summed E-state index contributed by atoms with van der Waals surface area (Å²) in [7, 11) is 0. The van der Waals surface area contributed by atoms with Crippen molar-refractivity contribution in [2.24, 2.45) is 10.9 Å². The molecule has 5 heteroatoms.